The van der Waals surface area contributed by atoms with Gasteiger partial charge in [0.1, 0.15) is 17.4 Å². The fourth-order valence-electron chi connectivity index (χ4n) is 2.09. The lowest BCUT2D eigenvalue weighted by molar-refractivity contribution is -0.127. The van der Waals surface area contributed by atoms with Crippen molar-refractivity contribution in [2.45, 2.75) is 0 Å². The number of benzene rings is 1. The van der Waals surface area contributed by atoms with Crippen molar-refractivity contribution in [2.24, 2.45) is 0 Å². The average molecular weight is 321 g/mol. The second-order valence-electron chi connectivity index (χ2n) is 4.71. The first-order valence-corrected chi connectivity index (χ1v) is 7.24. The molecule has 1 fully saturated rings. The van der Waals surface area contributed by atoms with E-state index in [4.69, 9.17) is 16.3 Å². The van der Waals surface area contributed by atoms with Gasteiger partial charge in [0.15, 0.2) is 0 Å². The third-order valence-electron chi connectivity index (χ3n) is 3.29. The lowest BCUT2D eigenvalue weighted by Crippen LogP contribution is -2.46. The predicted molar refractivity (Wildman–Crippen MR) is 84.8 cm³/mol. The number of halogens is 1. The molecule has 1 saturated heterocycles. The molecule has 7 heteroatoms. The van der Waals surface area contributed by atoms with E-state index in [1.807, 2.05) is 6.07 Å². The van der Waals surface area contributed by atoms with E-state index in [1.54, 1.807) is 23.1 Å². The van der Waals surface area contributed by atoms with Crippen LogP contribution in [0.4, 0.5) is 5.69 Å². The highest BCUT2D eigenvalue weighted by Gasteiger charge is 2.19. The van der Waals surface area contributed by atoms with Gasteiger partial charge in [0.05, 0.1) is 12.1 Å². The van der Waals surface area contributed by atoms with E-state index in [-0.39, 0.29) is 11.5 Å². The van der Waals surface area contributed by atoms with Crippen molar-refractivity contribution in [2.75, 3.05) is 38.6 Å². The van der Waals surface area contributed by atoms with Crippen LogP contribution in [0.3, 0.4) is 0 Å². The number of piperazine rings is 1. The summed E-state index contributed by atoms with van der Waals surface area (Å²) in [4.78, 5) is 13.9. The van der Waals surface area contributed by atoms with Crippen molar-refractivity contribution < 1.29 is 9.53 Å². The predicted octanol–water partition coefficient (Wildman–Crippen LogP) is 1.60. The Morgan fingerprint density at radius 1 is 1.50 bits per heavy atom. The highest BCUT2D eigenvalue weighted by atomic mass is 35.5. The number of ether oxygens (including phenoxy) is 1. The largest absolute Gasteiger partial charge is 0.495 e. The molecule has 0 saturated carbocycles. The monoisotopic (exact) mass is 320 g/mol. The summed E-state index contributed by atoms with van der Waals surface area (Å²) < 4.78 is 5.07. The van der Waals surface area contributed by atoms with E-state index in [2.05, 4.69) is 10.6 Å². The molecule has 1 aliphatic rings. The second kappa shape index (κ2) is 7.69. The van der Waals surface area contributed by atoms with Crippen LogP contribution in [0.5, 0.6) is 5.75 Å². The molecule has 6 nitrogen and oxygen atoms in total. The number of hydrogen-bond donors (Lipinski definition) is 2. The molecule has 1 aromatic rings. The first kappa shape index (κ1) is 16.1. The number of carbonyl (C=O) groups is 1. The zero-order valence-electron chi connectivity index (χ0n) is 12.2. The fourth-order valence-corrected chi connectivity index (χ4v) is 2.35. The SMILES string of the molecule is COc1ccc(N/C=C(/C#N)C(=O)N2CCNCC2)cc1Cl. The molecule has 0 aromatic heterocycles. The Hall–Kier alpha value is -2.23. The van der Waals surface area contributed by atoms with E-state index >= 15 is 0 Å². The Balaban J connectivity index is 2.07. The van der Waals surface area contributed by atoms with Crippen molar-refractivity contribution in [3.8, 4) is 11.8 Å². The van der Waals surface area contributed by atoms with Crippen LogP contribution in [-0.4, -0.2) is 44.1 Å². The summed E-state index contributed by atoms with van der Waals surface area (Å²) in [6.07, 6.45) is 1.41. The molecule has 2 N–H and O–H groups in total. The highest BCUT2D eigenvalue weighted by molar-refractivity contribution is 6.32. The molecular formula is C15H17ClN4O2. The van der Waals surface area contributed by atoms with Gasteiger partial charge < -0.3 is 20.3 Å². The van der Waals surface area contributed by atoms with Gasteiger partial charge in [-0.2, -0.15) is 5.26 Å². The normalized spacial score (nSPS) is 15.1. The van der Waals surface area contributed by atoms with Crippen LogP contribution in [0.1, 0.15) is 0 Å². The van der Waals surface area contributed by atoms with Crippen LogP contribution < -0.4 is 15.4 Å². The van der Waals surface area contributed by atoms with Gasteiger partial charge in [0.25, 0.3) is 5.91 Å². The first-order valence-electron chi connectivity index (χ1n) is 6.86. The summed E-state index contributed by atoms with van der Waals surface area (Å²) in [6, 6.07) is 7.07. The van der Waals surface area contributed by atoms with E-state index in [0.717, 1.165) is 13.1 Å². The Bertz CT molecular complexity index is 618. The molecule has 0 aliphatic carbocycles. The number of hydrogen-bond acceptors (Lipinski definition) is 5. The van der Waals surface area contributed by atoms with Crippen LogP contribution in [0.2, 0.25) is 5.02 Å². The maximum Gasteiger partial charge on any atom is 0.266 e. The van der Waals surface area contributed by atoms with Crippen LogP contribution in [0.15, 0.2) is 30.0 Å². The van der Waals surface area contributed by atoms with E-state index in [9.17, 15) is 10.1 Å². The summed E-state index contributed by atoms with van der Waals surface area (Å²) in [5.41, 5.74) is 0.737. The molecule has 1 heterocycles. The summed E-state index contributed by atoms with van der Waals surface area (Å²) >= 11 is 6.03. The molecule has 0 spiro atoms. The topological polar surface area (TPSA) is 77.4 Å². The number of carbonyl (C=O) groups excluding carboxylic acids is 1. The quantitative estimate of drug-likeness (QED) is 0.651. The lowest BCUT2D eigenvalue weighted by Gasteiger charge is -2.27. The standard InChI is InChI=1S/C15H17ClN4O2/c1-22-14-3-2-12(8-13(14)16)19-10-11(9-17)15(21)20-6-4-18-5-7-20/h2-3,8,10,18-19H,4-7H2,1H3/b11-10-. The summed E-state index contributed by atoms with van der Waals surface area (Å²) in [7, 11) is 1.54. The second-order valence-corrected chi connectivity index (χ2v) is 5.11. The van der Waals surface area contributed by atoms with Crippen LogP contribution in [0.25, 0.3) is 0 Å². The molecule has 116 valence electrons. The Morgan fingerprint density at radius 3 is 2.82 bits per heavy atom. The molecule has 2 rings (SSSR count). The number of nitriles is 1. The zero-order chi connectivity index (χ0) is 15.9. The minimum atomic E-state index is -0.267. The molecule has 0 radical (unpaired) electrons. The molecule has 1 amide bonds. The summed E-state index contributed by atoms with van der Waals surface area (Å²) in [6.45, 7) is 2.69. The van der Waals surface area contributed by atoms with Gasteiger partial charge >= 0.3 is 0 Å². The van der Waals surface area contributed by atoms with Crippen molar-refractivity contribution in [3.63, 3.8) is 0 Å². The first-order chi connectivity index (χ1) is 10.7. The van der Waals surface area contributed by atoms with Crippen molar-refractivity contribution >= 4 is 23.2 Å². The van der Waals surface area contributed by atoms with E-state index in [1.165, 1.54) is 13.3 Å². The number of nitrogens with one attached hydrogen (secondary N) is 2. The lowest BCUT2D eigenvalue weighted by atomic mass is 10.2. The molecular weight excluding hydrogens is 304 g/mol. The van der Waals surface area contributed by atoms with Crippen molar-refractivity contribution in [3.05, 3.63) is 35.0 Å². The van der Waals surface area contributed by atoms with Gasteiger partial charge in [0, 0.05) is 38.1 Å². The van der Waals surface area contributed by atoms with Gasteiger partial charge in [-0.15, -0.1) is 0 Å². The number of nitrogens with zero attached hydrogens (tertiary/aromatic N) is 2. The van der Waals surface area contributed by atoms with Gasteiger partial charge in [-0.05, 0) is 18.2 Å². The van der Waals surface area contributed by atoms with E-state index in [0.29, 0.717) is 29.5 Å². The molecule has 0 bridgehead atoms. The molecule has 0 unspecified atom stereocenters. The van der Waals surface area contributed by atoms with Gasteiger partial charge in [-0.3, -0.25) is 4.79 Å². The Kier molecular flexibility index (Phi) is 5.64. The maximum absolute atomic E-state index is 12.2. The smallest absolute Gasteiger partial charge is 0.266 e. The molecule has 1 aromatic carbocycles. The van der Waals surface area contributed by atoms with Crippen LogP contribution in [-0.2, 0) is 4.79 Å². The van der Waals surface area contributed by atoms with Gasteiger partial charge in [0.2, 0.25) is 0 Å². The Morgan fingerprint density at radius 2 is 2.23 bits per heavy atom. The minimum Gasteiger partial charge on any atom is -0.495 e. The summed E-state index contributed by atoms with van der Waals surface area (Å²) in [5.74, 6) is 0.296. The zero-order valence-corrected chi connectivity index (χ0v) is 13.0. The summed E-state index contributed by atoms with van der Waals surface area (Å²) in [5, 5.41) is 15.7. The van der Waals surface area contributed by atoms with Gasteiger partial charge in [-0.1, -0.05) is 11.6 Å². The molecule has 22 heavy (non-hydrogen) atoms. The molecule has 0 atom stereocenters. The minimum absolute atomic E-state index is 0.0637. The fraction of sp³-hybridized carbons (Fsp3) is 0.333. The maximum atomic E-state index is 12.2. The molecule has 1 aliphatic heterocycles. The average Bonchev–Trinajstić information content (AvgIpc) is 2.56. The third-order valence-corrected chi connectivity index (χ3v) is 3.59. The van der Waals surface area contributed by atoms with Gasteiger partial charge in [-0.25, -0.2) is 0 Å². The van der Waals surface area contributed by atoms with E-state index < -0.39 is 0 Å². The van der Waals surface area contributed by atoms with Crippen molar-refractivity contribution in [1.82, 2.24) is 10.2 Å². The number of methoxy groups -OCH3 is 1. The number of rotatable bonds is 4. The number of amides is 1. The van der Waals surface area contributed by atoms with Crippen molar-refractivity contribution in [1.29, 1.82) is 5.26 Å². The third kappa shape index (κ3) is 3.91. The highest BCUT2D eigenvalue weighted by Crippen LogP contribution is 2.27. The van der Waals surface area contributed by atoms with Crippen LogP contribution in [0, 0.1) is 11.3 Å². The number of anilines is 1. The van der Waals surface area contributed by atoms with Crippen LogP contribution >= 0.6 is 11.6 Å². The Labute approximate surface area is 134 Å².